The highest BCUT2D eigenvalue weighted by Crippen LogP contribution is 2.29. The fourth-order valence-corrected chi connectivity index (χ4v) is 2.14. The third kappa shape index (κ3) is 4.18. The van der Waals surface area contributed by atoms with Crippen molar-refractivity contribution in [2.24, 2.45) is 0 Å². The number of benzene rings is 1. The summed E-state index contributed by atoms with van der Waals surface area (Å²) in [5.74, 6) is -0.130. The first-order chi connectivity index (χ1) is 9.88. The van der Waals surface area contributed by atoms with Crippen molar-refractivity contribution in [2.75, 3.05) is 26.8 Å². The van der Waals surface area contributed by atoms with Crippen LogP contribution in [0, 0.1) is 0 Å². The third-order valence-corrected chi connectivity index (χ3v) is 3.30. The molecule has 0 saturated carbocycles. The van der Waals surface area contributed by atoms with Gasteiger partial charge in [0.25, 0.3) is 0 Å². The van der Waals surface area contributed by atoms with E-state index in [0.29, 0.717) is 25.3 Å². The molecule has 0 radical (unpaired) electrons. The summed E-state index contributed by atoms with van der Waals surface area (Å²) in [6, 6.07) is 4.43. The maximum Gasteiger partial charge on any atom is 0.416 e. The second-order valence-corrected chi connectivity index (χ2v) is 4.97. The number of nitrogens with zero attached hydrogens (tertiary/aromatic N) is 1. The van der Waals surface area contributed by atoms with Crippen molar-refractivity contribution in [2.45, 2.75) is 18.8 Å². The Balaban J connectivity index is 1.95. The summed E-state index contributed by atoms with van der Waals surface area (Å²) in [6.45, 7) is 1.77. The highest BCUT2D eigenvalue weighted by atomic mass is 19.4. The molecular weight excluding hydrogens is 285 g/mol. The average molecular weight is 302 g/mol. The minimum absolute atomic E-state index is 0.130. The van der Waals surface area contributed by atoms with Crippen LogP contribution in [0.5, 0.6) is 0 Å². The van der Waals surface area contributed by atoms with Crippen LogP contribution in [-0.4, -0.2) is 43.7 Å². The molecule has 1 fully saturated rings. The number of rotatable bonds is 3. The maximum absolute atomic E-state index is 12.5. The van der Waals surface area contributed by atoms with Gasteiger partial charge in [0.05, 0.1) is 18.8 Å². The van der Waals surface area contributed by atoms with Crippen molar-refractivity contribution in [1.29, 1.82) is 0 Å². The molecule has 1 saturated heterocycles. The van der Waals surface area contributed by atoms with Gasteiger partial charge in [-0.15, -0.1) is 0 Å². The van der Waals surface area contributed by atoms with Crippen molar-refractivity contribution >= 4 is 5.91 Å². The predicted molar refractivity (Wildman–Crippen MR) is 70.5 cm³/mol. The number of hydrogen-bond acceptors (Lipinski definition) is 3. The number of nitrogens with one attached hydrogen (secondary N) is 1. The van der Waals surface area contributed by atoms with Crippen LogP contribution in [0.1, 0.15) is 11.1 Å². The van der Waals surface area contributed by atoms with E-state index in [4.69, 9.17) is 4.74 Å². The van der Waals surface area contributed by atoms with Gasteiger partial charge in [-0.25, -0.2) is 0 Å². The topological polar surface area (TPSA) is 41.6 Å². The van der Waals surface area contributed by atoms with E-state index in [-0.39, 0.29) is 12.5 Å². The van der Waals surface area contributed by atoms with E-state index >= 15 is 0 Å². The lowest BCUT2D eigenvalue weighted by atomic mass is 10.1. The summed E-state index contributed by atoms with van der Waals surface area (Å²) in [4.78, 5) is 13.6. The quantitative estimate of drug-likeness (QED) is 0.923. The van der Waals surface area contributed by atoms with Gasteiger partial charge in [-0.3, -0.25) is 4.79 Å². The summed E-state index contributed by atoms with van der Waals surface area (Å²) in [5, 5.41) is 3.05. The lowest BCUT2D eigenvalue weighted by Gasteiger charge is -2.27. The van der Waals surface area contributed by atoms with Gasteiger partial charge in [0.1, 0.15) is 6.04 Å². The van der Waals surface area contributed by atoms with Gasteiger partial charge in [0.2, 0.25) is 5.91 Å². The van der Waals surface area contributed by atoms with Crippen LogP contribution >= 0.6 is 0 Å². The van der Waals surface area contributed by atoms with Gasteiger partial charge in [0.15, 0.2) is 0 Å². The first-order valence-electron chi connectivity index (χ1n) is 6.60. The van der Waals surface area contributed by atoms with E-state index in [1.54, 1.807) is 7.05 Å². The molecule has 4 nitrogen and oxygen atoms in total. The molecule has 21 heavy (non-hydrogen) atoms. The third-order valence-electron chi connectivity index (χ3n) is 3.30. The van der Waals surface area contributed by atoms with Crippen LogP contribution in [0.15, 0.2) is 24.3 Å². The first kappa shape index (κ1) is 15.8. The van der Waals surface area contributed by atoms with Crippen molar-refractivity contribution in [1.82, 2.24) is 10.2 Å². The minimum atomic E-state index is -4.34. The average Bonchev–Trinajstić information content (AvgIpc) is 2.47. The monoisotopic (exact) mass is 302 g/mol. The van der Waals surface area contributed by atoms with Crippen LogP contribution in [0.4, 0.5) is 13.2 Å². The zero-order valence-corrected chi connectivity index (χ0v) is 11.6. The number of ether oxygens (including phenoxy) is 1. The summed E-state index contributed by atoms with van der Waals surface area (Å²) in [6.07, 6.45) is -4.34. The fraction of sp³-hybridized carbons (Fsp3) is 0.500. The molecule has 1 aromatic carbocycles. The van der Waals surface area contributed by atoms with Gasteiger partial charge < -0.3 is 15.0 Å². The minimum Gasteiger partial charge on any atom is -0.378 e. The van der Waals surface area contributed by atoms with Gasteiger partial charge in [-0.05, 0) is 17.7 Å². The van der Waals surface area contributed by atoms with E-state index in [0.717, 1.165) is 12.1 Å². The molecule has 7 heteroatoms. The molecule has 0 spiro atoms. The molecule has 0 aliphatic carbocycles. The SMILES string of the molecule is CN(Cc1ccc(C(F)(F)F)cc1)C(=O)C1COCCN1. The number of carbonyl (C=O) groups is 1. The Morgan fingerprint density at radius 3 is 2.57 bits per heavy atom. The standard InChI is InChI=1S/C14H17F3N2O2/c1-19(13(20)12-9-21-7-6-18-12)8-10-2-4-11(5-3-10)14(15,16)17/h2-5,12,18H,6-9H2,1H3. The van der Waals surface area contributed by atoms with Crippen molar-refractivity contribution in [3.63, 3.8) is 0 Å². The Bertz CT molecular complexity index is 482. The summed E-state index contributed by atoms with van der Waals surface area (Å²) < 4.78 is 42.6. The lowest BCUT2D eigenvalue weighted by Crippen LogP contribution is -2.51. The van der Waals surface area contributed by atoms with Gasteiger partial charge >= 0.3 is 6.18 Å². The number of alkyl halides is 3. The van der Waals surface area contributed by atoms with E-state index in [1.807, 2.05) is 0 Å². The largest absolute Gasteiger partial charge is 0.416 e. The molecule has 0 bridgehead atoms. The number of hydrogen-bond donors (Lipinski definition) is 1. The van der Waals surface area contributed by atoms with E-state index in [2.05, 4.69) is 5.32 Å². The smallest absolute Gasteiger partial charge is 0.378 e. The number of carbonyl (C=O) groups excluding carboxylic acids is 1. The Hall–Kier alpha value is -1.60. The number of amides is 1. The Labute approximate surface area is 120 Å². The van der Waals surface area contributed by atoms with Crippen molar-refractivity contribution in [3.8, 4) is 0 Å². The maximum atomic E-state index is 12.5. The number of likely N-dealkylation sites (N-methyl/N-ethyl adjacent to an activating group) is 1. The Kier molecular flexibility index (Phi) is 4.84. The van der Waals surface area contributed by atoms with Gasteiger partial charge in [0, 0.05) is 20.1 Å². The molecule has 1 heterocycles. The number of halogens is 3. The van der Waals surface area contributed by atoms with E-state index < -0.39 is 17.8 Å². The van der Waals surface area contributed by atoms with Crippen LogP contribution < -0.4 is 5.32 Å². The van der Waals surface area contributed by atoms with Gasteiger partial charge in [-0.1, -0.05) is 12.1 Å². The molecule has 1 amide bonds. The molecule has 1 aliphatic rings. The molecule has 0 aromatic heterocycles. The predicted octanol–water partition coefficient (Wildman–Crippen LogP) is 1.65. The molecular formula is C14H17F3N2O2. The highest BCUT2D eigenvalue weighted by Gasteiger charge is 2.30. The fourth-order valence-electron chi connectivity index (χ4n) is 2.14. The molecule has 1 unspecified atom stereocenters. The van der Waals surface area contributed by atoms with E-state index in [1.165, 1.54) is 17.0 Å². The first-order valence-corrected chi connectivity index (χ1v) is 6.60. The van der Waals surface area contributed by atoms with Crippen LogP contribution in [0.2, 0.25) is 0 Å². The van der Waals surface area contributed by atoms with Crippen molar-refractivity contribution < 1.29 is 22.7 Å². The second kappa shape index (κ2) is 6.44. The van der Waals surface area contributed by atoms with Crippen molar-refractivity contribution in [3.05, 3.63) is 35.4 Å². The zero-order valence-electron chi connectivity index (χ0n) is 11.6. The normalized spacial score (nSPS) is 19.3. The van der Waals surface area contributed by atoms with Crippen LogP contribution in [0.25, 0.3) is 0 Å². The molecule has 1 aromatic rings. The second-order valence-electron chi connectivity index (χ2n) is 4.97. The summed E-state index contributed by atoms with van der Waals surface area (Å²) in [7, 11) is 1.62. The molecule has 1 N–H and O–H groups in total. The molecule has 2 rings (SSSR count). The summed E-state index contributed by atoms with van der Waals surface area (Å²) >= 11 is 0. The van der Waals surface area contributed by atoms with Crippen LogP contribution in [-0.2, 0) is 22.3 Å². The molecule has 1 atom stereocenters. The van der Waals surface area contributed by atoms with E-state index in [9.17, 15) is 18.0 Å². The lowest BCUT2D eigenvalue weighted by molar-refractivity contribution is -0.138. The molecule has 116 valence electrons. The Morgan fingerprint density at radius 2 is 2.05 bits per heavy atom. The highest BCUT2D eigenvalue weighted by molar-refractivity contribution is 5.81. The van der Waals surface area contributed by atoms with Gasteiger partial charge in [-0.2, -0.15) is 13.2 Å². The van der Waals surface area contributed by atoms with Crippen LogP contribution in [0.3, 0.4) is 0 Å². The summed E-state index contributed by atoms with van der Waals surface area (Å²) in [5.41, 5.74) is -0.0434. The Morgan fingerprint density at radius 1 is 1.38 bits per heavy atom. The number of morpholine rings is 1. The molecule has 1 aliphatic heterocycles. The zero-order chi connectivity index (χ0) is 15.5.